The molecule has 0 aliphatic heterocycles. The van der Waals surface area contributed by atoms with Gasteiger partial charge in [0.25, 0.3) is 10.0 Å². The van der Waals surface area contributed by atoms with Crippen LogP contribution in [0, 0.1) is 0 Å². The van der Waals surface area contributed by atoms with E-state index >= 15 is 0 Å². The normalized spacial score (nSPS) is 11.4. The van der Waals surface area contributed by atoms with Crippen LogP contribution in [0.1, 0.15) is 5.56 Å². The number of nitrogens with zero attached hydrogens (tertiary/aromatic N) is 1. The van der Waals surface area contributed by atoms with Gasteiger partial charge in [0, 0.05) is 5.02 Å². The van der Waals surface area contributed by atoms with E-state index in [0.29, 0.717) is 17.9 Å². The summed E-state index contributed by atoms with van der Waals surface area (Å²) in [5.41, 5.74) is 0.695. The fourth-order valence-corrected chi connectivity index (χ4v) is 3.26. The molecule has 1 N–H and O–H groups in total. The summed E-state index contributed by atoms with van der Waals surface area (Å²) in [6, 6.07) is 11.1. The van der Waals surface area contributed by atoms with E-state index in [2.05, 4.69) is 16.5 Å². The molecule has 0 saturated heterocycles. The van der Waals surface area contributed by atoms with Crippen LogP contribution in [0.15, 0.2) is 65.1 Å². The number of hydrogen-bond donors (Lipinski definition) is 1. The maximum absolute atomic E-state index is 12.2. The highest BCUT2D eigenvalue weighted by Gasteiger charge is 2.17. The molecule has 0 heterocycles. The number of rotatable bonds is 7. The van der Waals surface area contributed by atoms with Crippen LogP contribution in [0.3, 0.4) is 0 Å². The van der Waals surface area contributed by atoms with Crippen molar-refractivity contribution in [3.05, 3.63) is 70.7 Å². The molecule has 2 rings (SSSR count). The van der Waals surface area contributed by atoms with Gasteiger partial charge in [-0.1, -0.05) is 35.9 Å². The van der Waals surface area contributed by atoms with E-state index in [0.717, 1.165) is 0 Å². The maximum Gasteiger partial charge on any atom is 0.278 e. The molecule has 0 atom stereocenters. The van der Waals surface area contributed by atoms with Gasteiger partial charge in [0.2, 0.25) is 0 Å². The van der Waals surface area contributed by atoms with Crippen LogP contribution in [0.2, 0.25) is 10.0 Å². The summed E-state index contributed by atoms with van der Waals surface area (Å²) in [5.74, 6) is 0.679. The van der Waals surface area contributed by atoms with E-state index in [1.807, 2.05) is 0 Å². The van der Waals surface area contributed by atoms with Gasteiger partial charge in [0.1, 0.15) is 17.3 Å². The van der Waals surface area contributed by atoms with Crippen LogP contribution in [0.25, 0.3) is 0 Å². The minimum Gasteiger partial charge on any atom is -0.490 e. The van der Waals surface area contributed by atoms with Crippen LogP contribution < -0.4 is 9.57 Å². The van der Waals surface area contributed by atoms with Crippen molar-refractivity contribution in [1.29, 1.82) is 0 Å². The number of ether oxygens (including phenoxy) is 1. The molecule has 8 heteroatoms. The second-order valence-corrected chi connectivity index (χ2v) is 7.07. The summed E-state index contributed by atoms with van der Waals surface area (Å²) in [5, 5.41) is 4.05. The number of benzene rings is 2. The SMILES string of the molecule is C=CCOc1ccc(C=NNS(=O)(=O)c2cc(Cl)ccc2Cl)cc1. The molecule has 126 valence electrons. The van der Waals surface area contributed by atoms with Gasteiger partial charge in [0.15, 0.2) is 0 Å². The third-order valence-electron chi connectivity index (χ3n) is 2.82. The predicted molar refractivity (Wildman–Crippen MR) is 96.5 cm³/mol. The van der Waals surface area contributed by atoms with E-state index in [-0.39, 0.29) is 14.9 Å². The van der Waals surface area contributed by atoms with Crippen molar-refractivity contribution in [3.63, 3.8) is 0 Å². The van der Waals surface area contributed by atoms with Crippen LogP contribution >= 0.6 is 23.2 Å². The van der Waals surface area contributed by atoms with E-state index in [4.69, 9.17) is 27.9 Å². The van der Waals surface area contributed by atoms with Crippen molar-refractivity contribution in [3.8, 4) is 5.75 Å². The van der Waals surface area contributed by atoms with Gasteiger partial charge in [-0.2, -0.15) is 13.5 Å². The zero-order valence-electron chi connectivity index (χ0n) is 12.4. The molecule has 2 aromatic rings. The first-order valence-electron chi connectivity index (χ1n) is 6.76. The molecule has 0 amide bonds. The highest BCUT2D eigenvalue weighted by atomic mass is 35.5. The lowest BCUT2D eigenvalue weighted by molar-refractivity contribution is 0.363. The van der Waals surface area contributed by atoms with Crippen LogP contribution in [-0.4, -0.2) is 21.2 Å². The number of hydrazone groups is 1. The molecule has 0 bridgehead atoms. The van der Waals surface area contributed by atoms with Crippen molar-refractivity contribution < 1.29 is 13.2 Å². The second kappa shape index (κ2) is 8.19. The Balaban J connectivity index is 2.07. The zero-order valence-corrected chi connectivity index (χ0v) is 14.8. The molecule has 0 saturated carbocycles. The molecule has 24 heavy (non-hydrogen) atoms. The standard InChI is InChI=1S/C16H14Cl2N2O3S/c1-2-9-23-14-6-3-12(4-7-14)11-19-20-24(21,22)16-10-13(17)5-8-15(16)18/h2-8,10-11,20H,1,9H2. The quantitative estimate of drug-likeness (QED) is 0.447. The van der Waals surface area contributed by atoms with E-state index < -0.39 is 10.0 Å². The average molecular weight is 385 g/mol. The molecule has 0 aliphatic rings. The summed E-state index contributed by atoms with van der Waals surface area (Å²) in [4.78, 5) is 1.96. The Hall–Kier alpha value is -2.02. The summed E-state index contributed by atoms with van der Waals surface area (Å²) < 4.78 is 29.7. The molecule has 2 aromatic carbocycles. The van der Waals surface area contributed by atoms with Crippen molar-refractivity contribution in [2.45, 2.75) is 4.90 Å². The lowest BCUT2D eigenvalue weighted by Gasteiger charge is -2.06. The Bertz CT molecular complexity index is 850. The van der Waals surface area contributed by atoms with Gasteiger partial charge in [-0.3, -0.25) is 0 Å². The first-order valence-corrected chi connectivity index (χ1v) is 9.00. The van der Waals surface area contributed by atoms with E-state index in [1.165, 1.54) is 24.4 Å². The van der Waals surface area contributed by atoms with Gasteiger partial charge in [0.05, 0.1) is 11.2 Å². The Morgan fingerprint density at radius 1 is 1.17 bits per heavy atom. The third-order valence-corrected chi connectivity index (χ3v) is 4.76. The Morgan fingerprint density at radius 2 is 1.88 bits per heavy atom. The smallest absolute Gasteiger partial charge is 0.278 e. The molecule has 0 aromatic heterocycles. The monoisotopic (exact) mass is 384 g/mol. The van der Waals surface area contributed by atoms with E-state index in [1.54, 1.807) is 30.3 Å². The van der Waals surface area contributed by atoms with Crippen LogP contribution in [0.5, 0.6) is 5.75 Å². The molecule has 0 radical (unpaired) electrons. The number of sulfonamides is 1. The first-order chi connectivity index (χ1) is 11.4. The zero-order chi connectivity index (χ0) is 17.6. The lowest BCUT2D eigenvalue weighted by Crippen LogP contribution is -2.18. The minimum atomic E-state index is -3.90. The molecule has 0 spiro atoms. The summed E-state index contributed by atoms with van der Waals surface area (Å²) >= 11 is 11.7. The number of hydrogen-bond acceptors (Lipinski definition) is 4. The summed E-state index contributed by atoms with van der Waals surface area (Å²) in [7, 11) is -3.90. The molecular formula is C16H14Cl2N2O3S. The van der Waals surface area contributed by atoms with Gasteiger partial charge in [-0.15, -0.1) is 0 Å². The van der Waals surface area contributed by atoms with Crippen LogP contribution in [0.4, 0.5) is 0 Å². The van der Waals surface area contributed by atoms with Gasteiger partial charge >= 0.3 is 0 Å². The third kappa shape index (κ3) is 4.99. The largest absolute Gasteiger partial charge is 0.490 e. The molecular weight excluding hydrogens is 371 g/mol. The van der Waals surface area contributed by atoms with Crippen molar-refractivity contribution in [2.24, 2.45) is 5.10 Å². The Morgan fingerprint density at radius 3 is 2.54 bits per heavy atom. The Kier molecular flexibility index (Phi) is 6.25. The Labute approximate surface area is 150 Å². The summed E-state index contributed by atoms with van der Waals surface area (Å²) in [6.45, 7) is 3.97. The first kappa shape index (κ1) is 18.3. The highest BCUT2D eigenvalue weighted by molar-refractivity contribution is 7.89. The molecule has 0 fully saturated rings. The topological polar surface area (TPSA) is 67.8 Å². The molecule has 5 nitrogen and oxygen atoms in total. The maximum atomic E-state index is 12.2. The van der Waals surface area contributed by atoms with Crippen molar-refractivity contribution in [1.82, 2.24) is 4.83 Å². The van der Waals surface area contributed by atoms with Gasteiger partial charge < -0.3 is 4.74 Å². The van der Waals surface area contributed by atoms with Gasteiger partial charge in [-0.25, -0.2) is 4.83 Å². The fraction of sp³-hybridized carbons (Fsp3) is 0.0625. The summed E-state index contributed by atoms with van der Waals surface area (Å²) in [6.07, 6.45) is 3.01. The minimum absolute atomic E-state index is 0.0609. The number of halogens is 2. The lowest BCUT2D eigenvalue weighted by atomic mass is 10.2. The van der Waals surface area contributed by atoms with Gasteiger partial charge in [-0.05, 0) is 48.0 Å². The highest BCUT2D eigenvalue weighted by Crippen LogP contribution is 2.24. The number of nitrogens with one attached hydrogen (secondary N) is 1. The fourth-order valence-electron chi connectivity index (χ4n) is 1.71. The average Bonchev–Trinajstić information content (AvgIpc) is 2.56. The molecule has 0 unspecified atom stereocenters. The van der Waals surface area contributed by atoms with Crippen LogP contribution in [-0.2, 0) is 10.0 Å². The van der Waals surface area contributed by atoms with E-state index in [9.17, 15) is 8.42 Å². The second-order valence-electron chi connectivity index (χ2n) is 4.60. The van der Waals surface area contributed by atoms with Crippen molar-refractivity contribution >= 4 is 39.4 Å². The molecule has 0 aliphatic carbocycles. The predicted octanol–water partition coefficient (Wildman–Crippen LogP) is 3.87. The van der Waals surface area contributed by atoms with Crippen molar-refractivity contribution in [2.75, 3.05) is 6.61 Å².